The Morgan fingerprint density at radius 3 is 2.07 bits per heavy atom. The Bertz CT molecular complexity index is 96.2. The highest BCUT2D eigenvalue weighted by Gasteiger charge is 2.04. The molecule has 0 fully saturated rings. The smallest absolute Gasteiger partial charge is 0.0417 e. The number of rotatable bonds is 10. The van der Waals surface area contributed by atoms with Crippen LogP contribution < -0.4 is 0 Å². The first-order valence-electron chi connectivity index (χ1n) is 6.64. The van der Waals surface area contributed by atoms with E-state index in [-0.39, 0.29) is 0 Å². The van der Waals surface area contributed by atoms with E-state index in [2.05, 4.69) is 20.8 Å². The summed E-state index contributed by atoms with van der Waals surface area (Å²) in [6, 6.07) is 0. The van der Waals surface area contributed by atoms with Gasteiger partial charge in [-0.1, -0.05) is 85.0 Å². The van der Waals surface area contributed by atoms with Gasteiger partial charge in [0.1, 0.15) is 0 Å². The van der Waals surface area contributed by atoms with Crippen LogP contribution in [0.25, 0.3) is 0 Å². The van der Waals surface area contributed by atoms with Crippen LogP contribution in [0.4, 0.5) is 0 Å². The van der Waals surface area contributed by atoms with Crippen LogP contribution in [0.5, 0.6) is 0 Å². The third kappa shape index (κ3) is 8.59. The molecule has 0 heteroatoms. The van der Waals surface area contributed by atoms with Crippen molar-refractivity contribution in [1.82, 2.24) is 0 Å². The largest absolute Gasteiger partial charge is 0.0654 e. The summed E-state index contributed by atoms with van der Waals surface area (Å²) in [7, 11) is 0. The summed E-state index contributed by atoms with van der Waals surface area (Å²) in [6.45, 7) is 8.51. The monoisotopic (exact) mass is 197 g/mol. The van der Waals surface area contributed by atoms with E-state index >= 15 is 0 Å². The SMILES string of the molecule is [CH2]CCCCCCC(CC)CCCC. The van der Waals surface area contributed by atoms with Crippen LogP contribution in [0.3, 0.4) is 0 Å². The molecule has 85 valence electrons. The van der Waals surface area contributed by atoms with Gasteiger partial charge in [-0.25, -0.2) is 0 Å². The van der Waals surface area contributed by atoms with Crippen molar-refractivity contribution in [2.75, 3.05) is 0 Å². The average Bonchev–Trinajstić information content (AvgIpc) is 2.22. The van der Waals surface area contributed by atoms with Gasteiger partial charge < -0.3 is 0 Å². The Morgan fingerprint density at radius 1 is 0.857 bits per heavy atom. The van der Waals surface area contributed by atoms with Crippen LogP contribution >= 0.6 is 0 Å². The summed E-state index contributed by atoms with van der Waals surface area (Å²) in [4.78, 5) is 0. The quantitative estimate of drug-likeness (QED) is 0.413. The van der Waals surface area contributed by atoms with Gasteiger partial charge in [-0.05, 0) is 5.92 Å². The van der Waals surface area contributed by atoms with Crippen molar-refractivity contribution >= 4 is 0 Å². The molecule has 0 aliphatic carbocycles. The zero-order chi connectivity index (χ0) is 10.6. The minimum Gasteiger partial charge on any atom is -0.0654 e. The van der Waals surface area contributed by atoms with E-state index in [1.807, 2.05) is 0 Å². The second-order valence-corrected chi connectivity index (χ2v) is 4.47. The Morgan fingerprint density at radius 2 is 1.50 bits per heavy atom. The lowest BCUT2D eigenvalue weighted by atomic mass is 9.93. The van der Waals surface area contributed by atoms with E-state index in [0.717, 1.165) is 12.3 Å². The Balaban J connectivity index is 3.24. The first-order valence-corrected chi connectivity index (χ1v) is 6.64. The van der Waals surface area contributed by atoms with Gasteiger partial charge in [-0.2, -0.15) is 0 Å². The molecule has 0 aromatic heterocycles. The minimum absolute atomic E-state index is 1.01. The first kappa shape index (κ1) is 14.0. The Kier molecular flexibility index (Phi) is 11.1. The van der Waals surface area contributed by atoms with E-state index < -0.39 is 0 Å². The van der Waals surface area contributed by atoms with E-state index in [0.29, 0.717) is 0 Å². The van der Waals surface area contributed by atoms with Crippen molar-refractivity contribution in [3.05, 3.63) is 6.92 Å². The zero-order valence-corrected chi connectivity index (χ0v) is 10.4. The minimum atomic E-state index is 1.01. The van der Waals surface area contributed by atoms with E-state index in [4.69, 9.17) is 0 Å². The molecule has 0 bridgehead atoms. The van der Waals surface area contributed by atoms with Gasteiger partial charge in [0.25, 0.3) is 0 Å². The van der Waals surface area contributed by atoms with Gasteiger partial charge in [0.15, 0.2) is 0 Å². The van der Waals surface area contributed by atoms with Crippen molar-refractivity contribution in [1.29, 1.82) is 0 Å². The van der Waals surface area contributed by atoms with Crippen LogP contribution in [0, 0.1) is 12.8 Å². The van der Waals surface area contributed by atoms with Gasteiger partial charge in [-0.15, -0.1) is 0 Å². The number of hydrogen-bond donors (Lipinski definition) is 0. The maximum absolute atomic E-state index is 3.88. The molecule has 0 heterocycles. The summed E-state index contributed by atoms with van der Waals surface area (Å²) >= 11 is 0. The van der Waals surface area contributed by atoms with Gasteiger partial charge in [0, 0.05) is 0 Å². The fraction of sp³-hybridized carbons (Fsp3) is 0.929. The van der Waals surface area contributed by atoms with Crippen LogP contribution in [-0.4, -0.2) is 0 Å². The van der Waals surface area contributed by atoms with E-state index in [9.17, 15) is 0 Å². The molecule has 0 N–H and O–H groups in total. The summed E-state index contributed by atoms with van der Waals surface area (Å²) in [6.07, 6.45) is 13.8. The van der Waals surface area contributed by atoms with Crippen LogP contribution in [-0.2, 0) is 0 Å². The Hall–Kier alpha value is 0. The predicted octanol–water partition coefficient (Wildman–Crippen LogP) is 5.38. The van der Waals surface area contributed by atoms with Crippen LogP contribution in [0.1, 0.15) is 78.1 Å². The van der Waals surface area contributed by atoms with Crippen molar-refractivity contribution in [2.45, 2.75) is 78.1 Å². The molecule has 1 unspecified atom stereocenters. The summed E-state index contributed by atoms with van der Waals surface area (Å²) in [5.41, 5.74) is 0. The normalized spacial score (nSPS) is 13.1. The first-order chi connectivity index (χ1) is 6.85. The fourth-order valence-electron chi connectivity index (χ4n) is 2.01. The zero-order valence-electron chi connectivity index (χ0n) is 10.4. The molecular formula is C14H29. The van der Waals surface area contributed by atoms with E-state index in [1.54, 1.807) is 0 Å². The average molecular weight is 197 g/mol. The molecule has 0 saturated carbocycles. The summed E-state index contributed by atoms with van der Waals surface area (Å²) < 4.78 is 0. The number of hydrogen-bond acceptors (Lipinski definition) is 0. The standard InChI is InChI=1S/C14H29/c1-4-7-9-10-11-13-14(6-3)12-8-5-2/h14H,1,4-13H2,2-3H3. The maximum atomic E-state index is 3.88. The molecule has 1 atom stereocenters. The molecular weight excluding hydrogens is 168 g/mol. The molecule has 0 aliphatic heterocycles. The van der Waals surface area contributed by atoms with Crippen LogP contribution in [0.2, 0.25) is 0 Å². The van der Waals surface area contributed by atoms with Crippen molar-refractivity contribution < 1.29 is 0 Å². The fourth-order valence-corrected chi connectivity index (χ4v) is 2.01. The topological polar surface area (TPSA) is 0 Å². The van der Waals surface area contributed by atoms with Crippen molar-refractivity contribution in [3.8, 4) is 0 Å². The van der Waals surface area contributed by atoms with E-state index in [1.165, 1.54) is 57.8 Å². The van der Waals surface area contributed by atoms with Crippen molar-refractivity contribution in [3.63, 3.8) is 0 Å². The second-order valence-electron chi connectivity index (χ2n) is 4.47. The summed E-state index contributed by atoms with van der Waals surface area (Å²) in [5.74, 6) is 1.01. The molecule has 0 rings (SSSR count). The highest BCUT2D eigenvalue weighted by atomic mass is 14.1. The molecule has 0 spiro atoms. The third-order valence-corrected chi connectivity index (χ3v) is 3.16. The van der Waals surface area contributed by atoms with Gasteiger partial charge in [0.05, 0.1) is 0 Å². The summed E-state index contributed by atoms with van der Waals surface area (Å²) in [5, 5.41) is 0. The van der Waals surface area contributed by atoms with Gasteiger partial charge in [-0.3, -0.25) is 0 Å². The highest BCUT2D eigenvalue weighted by Crippen LogP contribution is 2.20. The molecule has 0 aromatic carbocycles. The van der Waals surface area contributed by atoms with Gasteiger partial charge >= 0.3 is 0 Å². The molecule has 0 saturated heterocycles. The molecule has 0 amide bonds. The number of unbranched alkanes of at least 4 members (excludes halogenated alkanes) is 5. The Labute approximate surface area is 91.5 Å². The lowest BCUT2D eigenvalue weighted by Crippen LogP contribution is -1.98. The molecule has 0 aromatic rings. The maximum Gasteiger partial charge on any atom is -0.0417 e. The highest BCUT2D eigenvalue weighted by molar-refractivity contribution is 4.58. The molecule has 14 heavy (non-hydrogen) atoms. The molecule has 0 aliphatic rings. The molecule has 1 radical (unpaired) electrons. The van der Waals surface area contributed by atoms with Crippen molar-refractivity contribution in [2.24, 2.45) is 5.92 Å². The molecule has 0 nitrogen and oxygen atoms in total. The van der Waals surface area contributed by atoms with Crippen LogP contribution in [0.15, 0.2) is 0 Å². The third-order valence-electron chi connectivity index (χ3n) is 3.16. The lowest BCUT2D eigenvalue weighted by Gasteiger charge is -2.13. The van der Waals surface area contributed by atoms with Gasteiger partial charge in [0.2, 0.25) is 0 Å². The predicted molar refractivity (Wildman–Crippen MR) is 66.4 cm³/mol. The second kappa shape index (κ2) is 11.1. The lowest BCUT2D eigenvalue weighted by molar-refractivity contribution is 0.401.